The average Bonchev–Trinajstić information content (AvgIpc) is 2.61. The van der Waals surface area contributed by atoms with Crippen molar-refractivity contribution in [2.45, 2.75) is 37.9 Å². The number of rotatable bonds is 7. The van der Waals surface area contributed by atoms with Crippen LogP contribution >= 0.6 is 11.8 Å². The van der Waals surface area contributed by atoms with E-state index in [2.05, 4.69) is 29.2 Å². The molecule has 0 bridgehead atoms. The lowest BCUT2D eigenvalue weighted by Gasteiger charge is -2.15. The van der Waals surface area contributed by atoms with Gasteiger partial charge in [-0.15, -0.1) is 0 Å². The Morgan fingerprint density at radius 3 is 2.87 bits per heavy atom. The average molecular weight is 228 g/mol. The number of nitrogens with zero attached hydrogens (tertiary/aromatic N) is 3. The monoisotopic (exact) mass is 228 g/mol. The summed E-state index contributed by atoms with van der Waals surface area (Å²) in [6.45, 7) is 5.40. The summed E-state index contributed by atoms with van der Waals surface area (Å²) in [5.41, 5.74) is 0. The molecule has 0 aliphatic carbocycles. The van der Waals surface area contributed by atoms with E-state index in [-0.39, 0.29) is 0 Å². The van der Waals surface area contributed by atoms with Crippen LogP contribution in [0.25, 0.3) is 0 Å². The van der Waals surface area contributed by atoms with Gasteiger partial charge in [0.25, 0.3) is 0 Å². The van der Waals surface area contributed by atoms with Crippen molar-refractivity contribution in [1.82, 2.24) is 20.1 Å². The quantitative estimate of drug-likeness (QED) is 0.721. The number of aromatic nitrogens is 3. The lowest BCUT2D eigenvalue weighted by molar-refractivity contribution is 0.530. The Morgan fingerprint density at radius 1 is 1.53 bits per heavy atom. The first-order valence-electron chi connectivity index (χ1n) is 5.48. The zero-order valence-electron chi connectivity index (χ0n) is 9.73. The first kappa shape index (κ1) is 12.5. The van der Waals surface area contributed by atoms with Crippen molar-refractivity contribution in [1.29, 1.82) is 0 Å². The third kappa shape index (κ3) is 4.22. The van der Waals surface area contributed by atoms with E-state index in [0.717, 1.165) is 17.5 Å². The molecule has 0 aromatic carbocycles. The highest BCUT2D eigenvalue weighted by molar-refractivity contribution is 7.99. The van der Waals surface area contributed by atoms with Crippen molar-refractivity contribution in [3.63, 3.8) is 0 Å². The molecule has 0 radical (unpaired) electrons. The fraction of sp³-hybridized carbons (Fsp3) is 0.800. The predicted octanol–water partition coefficient (Wildman–Crippen LogP) is 1.69. The fourth-order valence-corrected chi connectivity index (χ4v) is 2.46. The van der Waals surface area contributed by atoms with Crippen LogP contribution in [0, 0.1) is 0 Å². The minimum absolute atomic E-state index is 0.585. The van der Waals surface area contributed by atoms with Crippen molar-refractivity contribution in [2.24, 2.45) is 7.05 Å². The highest BCUT2D eigenvalue weighted by atomic mass is 32.2. The molecule has 1 aromatic heterocycles. The van der Waals surface area contributed by atoms with E-state index < -0.39 is 0 Å². The van der Waals surface area contributed by atoms with Crippen LogP contribution in [0.1, 0.15) is 26.7 Å². The van der Waals surface area contributed by atoms with Gasteiger partial charge in [0, 0.05) is 18.8 Å². The summed E-state index contributed by atoms with van der Waals surface area (Å²) in [5.74, 6) is 1.06. The summed E-state index contributed by atoms with van der Waals surface area (Å²) in [7, 11) is 1.93. The molecule has 15 heavy (non-hydrogen) atoms. The van der Waals surface area contributed by atoms with E-state index in [1.807, 2.05) is 11.7 Å². The Bertz CT molecular complexity index is 268. The van der Waals surface area contributed by atoms with Crippen molar-refractivity contribution >= 4 is 11.8 Å². The molecule has 0 aliphatic rings. The third-order valence-electron chi connectivity index (χ3n) is 2.21. The molecule has 5 heteroatoms. The maximum atomic E-state index is 4.20. The van der Waals surface area contributed by atoms with Crippen LogP contribution in [-0.2, 0) is 7.05 Å². The molecule has 1 aromatic rings. The molecule has 1 rings (SSSR count). The Kier molecular flexibility index (Phi) is 5.71. The number of thioether (sulfide) groups is 1. The van der Waals surface area contributed by atoms with E-state index in [0.29, 0.717) is 6.04 Å². The van der Waals surface area contributed by atoms with Crippen molar-refractivity contribution in [3.05, 3.63) is 6.33 Å². The number of hydrogen-bond acceptors (Lipinski definition) is 4. The molecule has 0 aliphatic heterocycles. The smallest absolute Gasteiger partial charge is 0.185 e. The van der Waals surface area contributed by atoms with E-state index in [4.69, 9.17) is 0 Å². The zero-order valence-corrected chi connectivity index (χ0v) is 10.5. The van der Waals surface area contributed by atoms with Crippen molar-refractivity contribution < 1.29 is 0 Å². The Hall–Kier alpha value is -0.550. The summed E-state index contributed by atoms with van der Waals surface area (Å²) >= 11 is 1.77. The molecule has 0 amide bonds. The van der Waals surface area contributed by atoms with Gasteiger partial charge in [0.2, 0.25) is 0 Å². The van der Waals surface area contributed by atoms with Gasteiger partial charge >= 0.3 is 0 Å². The van der Waals surface area contributed by atoms with Gasteiger partial charge in [-0.2, -0.15) is 5.10 Å². The van der Waals surface area contributed by atoms with Gasteiger partial charge in [0.15, 0.2) is 5.16 Å². The Labute approximate surface area is 95.9 Å². The van der Waals surface area contributed by atoms with Gasteiger partial charge < -0.3 is 5.32 Å². The summed E-state index contributed by atoms with van der Waals surface area (Å²) in [6.07, 6.45) is 4.04. The Morgan fingerprint density at radius 2 is 2.33 bits per heavy atom. The lowest BCUT2D eigenvalue weighted by Crippen LogP contribution is -2.31. The summed E-state index contributed by atoms with van der Waals surface area (Å²) < 4.78 is 1.82. The van der Waals surface area contributed by atoms with Crippen LogP contribution in [-0.4, -0.2) is 33.1 Å². The molecule has 0 saturated heterocycles. The third-order valence-corrected chi connectivity index (χ3v) is 3.41. The number of hydrogen-bond donors (Lipinski definition) is 1. The van der Waals surface area contributed by atoms with E-state index in [1.54, 1.807) is 18.1 Å². The van der Waals surface area contributed by atoms with Crippen LogP contribution in [0.5, 0.6) is 0 Å². The van der Waals surface area contributed by atoms with Gasteiger partial charge in [-0.1, -0.05) is 32.0 Å². The number of aryl methyl sites for hydroxylation is 1. The molecule has 1 atom stereocenters. The summed E-state index contributed by atoms with van der Waals surface area (Å²) in [5, 5.41) is 8.53. The molecular weight excluding hydrogens is 208 g/mol. The second-order valence-electron chi connectivity index (χ2n) is 3.52. The topological polar surface area (TPSA) is 42.7 Å². The van der Waals surface area contributed by atoms with Gasteiger partial charge in [0.05, 0.1) is 0 Å². The van der Waals surface area contributed by atoms with Crippen molar-refractivity contribution in [3.8, 4) is 0 Å². The predicted molar refractivity (Wildman–Crippen MR) is 64.1 cm³/mol. The lowest BCUT2D eigenvalue weighted by atomic mass is 10.2. The molecule has 1 unspecified atom stereocenters. The van der Waals surface area contributed by atoms with E-state index in [9.17, 15) is 0 Å². The van der Waals surface area contributed by atoms with E-state index in [1.165, 1.54) is 12.8 Å². The van der Waals surface area contributed by atoms with Gasteiger partial charge in [0.1, 0.15) is 6.33 Å². The van der Waals surface area contributed by atoms with Gasteiger partial charge in [-0.3, -0.25) is 0 Å². The molecule has 0 saturated carbocycles. The van der Waals surface area contributed by atoms with Gasteiger partial charge in [-0.25, -0.2) is 9.67 Å². The molecule has 86 valence electrons. The van der Waals surface area contributed by atoms with Crippen LogP contribution in [0.3, 0.4) is 0 Å². The molecule has 4 nitrogen and oxygen atoms in total. The van der Waals surface area contributed by atoms with Crippen LogP contribution < -0.4 is 5.32 Å². The molecule has 1 heterocycles. The molecule has 1 N–H and O–H groups in total. The van der Waals surface area contributed by atoms with Crippen LogP contribution in [0.4, 0.5) is 0 Å². The van der Waals surface area contributed by atoms with Crippen LogP contribution in [0.2, 0.25) is 0 Å². The molecule has 0 fully saturated rings. The first-order chi connectivity index (χ1) is 7.27. The second-order valence-corrected chi connectivity index (χ2v) is 4.51. The summed E-state index contributed by atoms with van der Waals surface area (Å²) in [4.78, 5) is 4.20. The summed E-state index contributed by atoms with van der Waals surface area (Å²) in [6, 6.07) is 0.585. The standard InChI is InChI=1S/C10H20N4S/c1-4-6-9(11-5-2)7-15-10-12-8-13-14(10)3/h8-9,11H,4-7H2,1-3H3. The fourth-order valence-electron chi connectivity index (χ4n) is 1.47. The zero-order chi connectivity index (χ0) is 11.1. The number of nitrogens with one attached hydrogen (secondary N) is 1. The second kappa shape index (κ2) is 6.85. The molecular formula is C10H20N4S. The minimum atomic E-state index is 0.585. The normalized spacial score (nSPS) is 13.0. The van der Waals surface area contributed by atoms with E-state index >= 15 is 0 Å². The Balaban J connectivity index is 2.36. The van der Waals surface area contributed by atoms with Crippen molar-refractivity contribution in [2.75, 3.05) is 12.3 Å². The SMILES string of the molecule is CCCC(CSc1ncnn1C)NCC. The maximum Gasteiger partial charge on any atom is 0.185 e. The first-order valence-corrected chi connectivity index (χ1v) is 6.46. The highest BCUT2D eigenvalue weighted by Gasteiger charge is 2.08. The largest absolute Gasteiger partial charge is 0.313 e. The highest BCUT2D eigenvalue weighted by Crippen LogP contribution is 2.15. The minimum Gasteiger partial charge on any atom is -0.313 e. The van der Waals surface area contributed by atoms with Gasteiger partial charge in [-0.05, 0) is 13.0 Å². The molecule has 0 spiro atoms. The van der Waals surface area contributed by atoms with Crippen LogP contribution in [0.15, 0.2) is 11.5 Å². The maximum absolute atomic E-state index is 4.20.